The molecule has 0 saturated carbocycles. The fourth-order valence-electron chi connectivity index (χ4n) is 1.67. The Morgan fingerprint density at radius 3 is 2.94 bits per heavy atom. The Hall–Kier alpha value is -1.14. The van der Waals surface area contributed by atoms with Crippen molar-refractivity contribution in [1.29, 1.82) is 0 Å². The molecule has 0 atom stereocenters. The predicted molar refractivity (Wildman–Crippen MR) is 68.5 cm³/mol. The van der Waals surface area contributed by atoms with Gasteiger partial charge in [0.05, 0.1) is 30.9 Å². The molecule has 0 amide bonds. The minimum absolute atomic E-state index is 0.00917. The average molecular weight is 271 g/mol. The minimum Gasteiger partial charge on any atom is -0.392 e. The molecule has 1 N–H and O–H groups in total. The third-order valence-electron chi connectivity index (χ3n) is 2.60. The lowest BCUT2D eigenvalue weighted by atomic mass is 10.2. The maximum absolute atomic E-state index is 9.07. The zero-order valence-corrected chi connectivity index (χ0v) is 10.9. The van der Waals surface area contributed by atoms with Crippen LogP contribution < -0.4 is 0 Å². The first-order valence-electron chi connectivity index (χ1n) is 5.58. The fraction of sp³-hybridized carbons (Fsp3) is 0.417. The van der Waals surface area contributed by atoms with Crippen LogP contribution >= 0.6 is 11.6 Å². The molecule has 6 heteroatoms. The molecule has 0 aliphatic heterocycles. The van der Waals surface area contributed by atoms with Crippen molar-refractivity contribution in [3.63, 3.8) is 0 Å². The van der Waals surface area contributed by atoms with Gasteiger partial charge in [0.1, 0.15) is 6.73 Å². The van der Waals surface area contributed by atoms with E-state index < -0.39 is 0 Å². The zero-order chi connectivity index (χ0) is 13.0. The van der Waals surface area contributed by atoms with Crippen LogP contribution in [-0.2, 0) is 22.8 Å². The highest BCUT2D eigenvalue weighted by atomic mass is 35.5. The van der Waals surface area contributed by atoms with E-state index in [9.17, 15) is 0 Å². The number of fused-ring (bicyclic) bond motifs is 1. The van der Waals surface area contributed by atoms with E-state index in [4.69, 9.17) is 26.2 Å². The van der Waals surface area contributed by atoms with Crippen LogP contribution in [0.15, 0.2) is 18.2 Å². The zero-order valence-electron chi connectivity index (χ0n) is 10.1. The molecular formula is C12H15ClN2O3. The predicted octanol–water partition coefficient (Wildman–Crippen LogP) is 1.80. The third-order valence-corrected chi connectivity index (χ3v) is 2.89. The number of rotatable bonds is 6. The second-order valence-electron chi connectivity index (χ2n) is 3.82. The van der Waals surface area contributed by atoms with Crippen molar-refractivity contribution in [2.75, 3.05) is 20.3 Å². The standard InChI is InChI=1S/C12H15ClN2O3/c1-17-4-5-18-8-15-11-3-2-9(7-16)6-10(11)14-12(15)13/h2-3,6,16H,4-5,7-8H2,1H3. The van der Waals surface area contributed by atoms with E-state index in [0.717, 1.165) is 16.6 Å². The topological polar surface area (TPSA) is 56.5 Å². The van der Waals surface area contributed by atoms with Gasteiger partial charge in [0.2, 0.25) is 5.28 Å². The number of nitrogens with zero attached hydrogens (tertiary/aromatic N) is 2. The Bertz CT molecular complexity index is 527. The van der Waals surface area contributed by atoms with Crippen LogP contribution in [0.3, 0.4) is 0 Å². The van der Waals surface area contributed by atoms with Gasteiger partial charge in [0.25, 0.3) is 0 Å². The van der Waals surface area contributed by atoms with Crippen LogP contribution in [-0.4, -0.2) is 35.0 Å². The monoisotopic (exact) mass is 270 g/mol. The number of hydrogen-bond donors (Lipinski definition) is 1. The van der Waals surface area contributed by atoms with Gasteiger partial charge in [0.15, 0.2) is 0 Å². The largest absolute Gasteiger partial charge is 0.392 e. The van der Waals surface area contributed by atoms with Gasteiger partial charge in [-0.1, -0.05) is 6.07 Å². The van der Waals surface area contributed by atoms with E-state index in [0.29, 0.717) is 25.2 Å². The molecule has 2 aromatic rings. The van der Waals surface area contributed by atoms with Crippen molar-refractivity contribution in [2.45, 2.75) is 13.3 Å². The first kappa shape index (κ1) is 13.3. The van der Waals surface area contributed by atoms with E-state index in [-0.39, 0.29) is 6.61 Å². The Balaban J connectivity index is 2.19. The molecule has 0 fully saturated rings. The molecule has 0 aliphatic rings. The number of aromatic nitrogens is 2. The number of halogens is 1. The van der Waals surface area contributed by atoms with Gasteiger partial charge in [-0.05, 0) is 29.3 Å². The first-order valence-corrected chi connectivity index (χ1v) is 5.96. The Kier molecular flexibility index (Phi) is 4.54. The van der Waals surface area contributed by atoms with Crippen LogP contribution in [0.2, 0.25) is 5.28 Å². The number of benzene rings is 1. The molecule has 18 heavy (non-hydrogen) atoms. The molecule has 0 bridgehead atoms. The van der Waals surface area contributed by atoms with Gasteiger partial charge in [-0.3, -0.25) is 4.57 Å². The highest BCUT2D eigenvalue weighted by molar-refractivity contribution is 6.29. The molecule has 98 valence electrons. The summed E-state index contributed by atoms with van der Waals surface area (Å²) < 4.78 is 12.1. The van der Waals surface area contributed by atoms with Gasteiger partial charge >= 0.3 is 0 Å². The lowest BCUT2D eigenvalue weighted by Crippen LogP contribution is -2.07. The second-order valence-corrected chi connectivity index (χ2v) is 4.16. The number of methoxy groups -OCH3 is 1. The smallest absolute Gasteiger partial charge is 0.205 e. The summed E-state index contributed by atoms with van der Waals surface area (Å²) in [7, 11) is 1.62. The molecule has 0 saturated heterocycles. The van der Waals surface area contributed by atoms with Gasteiger partial charge in [-0.15, -0.1) is 0 Å². The number of ether oxygens (including phenoxy) is 2. The summed E-state index contributed by atoms with van der Waals surface area (Å²) in [5.74, 6) is 0. The summed E-state index contributed by atoms with van der Waals surface area (Å²) in [4.78, 5) is 4.23. The normalized spacial score (nSPS) is 11.3. The number of aliphatic hydroxyl groups is 1. The summed E-state index contributed by atoms with van der Waals surface area (Å²) in [6, 6.07) is 5.53. The lowest BCUT2D eigenvalue weighted by molar-refractivity contribution is 0.0359. The minimum atomic E-state index is -0.00917. The number of imidazole rings is 1. The van der Waals surface area contributed by atoms with Crippen LogP contribution in [0.1, 0.15) is 5.56 Å². The molecule has 0 radical (unpaired) electrons. The van der Waals surface area contributed by atoms with Crippen molar-refractivity contribution < 1.29 is 14.6 Å². The maximum Gasteiger partial charge on any atom is 0.205 e. The van der Waals surface area contributed by atoms with Gasteiger partial charge in [-0.25, -0.2) is 4.98 Å². The van der Waals surface area contributed by atoms with Crippen molar-refractivity contribution in [2.24, 2.45) is 0 Å². The van der Waals surface area contributed by atoms with Gasteiger partial charge in [0, 0.05) is 7.11 Å². The van der Waals surface area contributed by atoms with Crippen LogP contribution in [0.5, 0.6) is 0 Å². The first-order chi connectivity index (χ1) is 8.76. The average Bonchev–Trinajstić information content (AvgIpc) is 2.69. The Morgan fingerprint density at radius 1 is 1.39 bits per heavy atom. The van der Waals surface area contributed by atoms with E-state index in [2.05, 4.69) is 4.98 Å². The molecule has 0 unspecified atom stereocenters. The summed E-state index contributed by atoms with van der Waals surface area (Å²) in [6.45, 7) is 1.36. The molecule has 0 aliphatic carbocycles. The van der Waals surface area contributed by atoms with Crippen molar-refractivity contribution in [3.05, 3.63) is 29.0 Å². The molecule has 1 aromatic heterocycles. The van der Waals surface area contributed by atoms with Gasteiger partial charge < -0.3 is 14.6 Å². The summed E-state index contributed by atoms with van der Waals surface area (Å²) in [5, 5.41) is 9.44. The van der Waals surface area contributed by atoms with E-state index in [1.807, 2.05) is 18.2 Å². The van der Waals surface area contributed by atoms with Crippen molar-refractivity contribution in [1.82, 2.24) is 9.55 Å². The second kappa shape index (κ2) is 6.15. The molecule has 2 rings (SSSR count). The van der Waals surface area contributed by atoms with E-state index in [1.54, 1.807) is 11.7 Å². The maximum atomic E-state index is 9.07. The molecule has 1 aromatic carbocycles. The van der Waals surface area contributed by atoms with Crippen LogP contribution in [0.4, 0.5) is 0 Å². The van der Waals surface area contributed by atoms with Crippen molar-refractivity contribution in [3.8, 4) is 0 Å². The van der Waals surface area contributed by atoms with Crippen LogP contribution in [0, 0.1) is 0 Å². The van der Waals surface area contributed by atoms with Gasteiger partial charge in [-0.2, -0.15) is 0 Å². The highest BCUT2D eigenvalue weighted by Gasteiger charge is 2.09. The molecule has 1 heterocycles. The summed E-state index contributed by atoms with van der Waals surface area (Å²) in [6.07, 6.45) is 0. The fourth-order valence-corrected chi connectivity index (χ4v) is 1.90. The van der Waals surface area contributed by atoms with E-state index in [1.165, 1.54) is 0 Å². The summed E-state index contributed by atoms with van der Waals surface area (Å²) in [5.41, 5.74) is 2.45. The quantitative estimate of drug-likeness (QED) is 0.814. The third kappa shape index (κ3) is 2.81. The SMILES string of the molecule is COCCOCn1c(Cl)nc2cc(CO)ccc21. The number of aliphatic hydroxyl groups excluding tert-OH is 1. The Labute approximate surface area is 110 Å². The number of hydrogen-bond acceptors (Lipinski definition) is 4. The molecule has 0 spiro atoms. The van der Waals surface area contributed by atoms with Crippen LogP contribution in [0.25, 0.3) is 11.0 Å². The molecular weight excluding hydrogens is 256 g/mol. The molecule has 5 nitrogen and oxygen atoms in total. The highest BCUT2D eigenvalue weighted by Crippen LogP contribution is 2.21. The van der Waals surface area contributed by atoms with Crippen molar-refractivity contribution >= 4 is 22.6 Å². The van der Waals surface area contributed by atoms with E-state index >= 15 is 0 Å². The lowest BCUT2D eigenvalue weighted by Gasteiger charge is -2.07. The summed E-state index contributed by atoms with van der Waals surface area (Å²) >= 11 is 6.05. The Morgan fingerprint density at radius 2 is 2.22 bits per heavy atom.